The zero-order chi connectivity index (χ0) is 20.9. The van der Waals surface area contributed by atoms with Crippen LogP contribution in [-0.2, 0) is 24.3 Å². The van der Waals surface area contributed by atoms with Crippen molar-refractivity contribution >= 4 is 27.6 Å². The van der Waals surface area contributed by atoms with Crippen LogP contribution in [0.1, 0.15) is 12.8 Å². The number of amides is 1. The quantitative estimate of drug-likeness (QED) is 0.664. The Hall–Kier alpha value is -2.78. The van der Waals surface area contributed by atoms with Gasteiger partial charge in [-0.3, -0.25) is 14.6 Å². The van der Waals surface area contributed by atoms with Crippen LogP contribution in [0.4, 0.5) is 5.69 Å². The lowest BCUT2D eigenvalue weighted by atomic mass is 9.98. The second kappa shape index (κ2) is 9.15. The summed E-state index contributed by atoms with van der Waals surface area (Å²) < 4.78 is 31.7. The number of esters is 1. The van der Waals surface area contributed by atoms with Crippen molar-refractivity contribution in [2.24, 2.45) is 5.92 Å². The number of hydrogen-bond acceptors (Lipinski definition) is 6. The number of nitrogens with zero attached hydrogens (tertiary/aromatic N) is 3. The van der Waals surface area contributed by atoms with E-state index in [2.05, 4.69) is 4.98 Å². The SMILES string of the molecule is CN(C(=O)COC(=O)C1CCN(S(=O)(=O)c2cccnc2)CC1)c1ccccc1. The summed E-state index contributed by atoms with van der Waals surface area (Å²) in [7, 11) is -2.00. The van der Waals surface area contributed by atoms with E-state index in [1.54, 1.807) is 25.2 Å². The highest BCUT2D eigenvalue weighted by molar-refractivity contribution is 7.89. The monoisotopic (exact) mass is 417 g/mol. The molecule has 0 spiro atoms. The van der Waals surface area contributed by atoms with Gasteiger partial charge in [0.15, 0.2) is 6.61 Å². The van der Waals surface area contributed by atoms with Gasteiger partial charge in [-0.1, -0.05) is 18.2 Å². The van der Waals surface area contributed by atoms with E-state index >= 15 is 0 Å². The van der Waals surface area contributed by atoms with Gasteiger partial charge in [0.25, 0.3) is 5.91 Å². The average Bonchev–Trinajstić information content (AvgIpc) is 2.78. The molecule has 0 radical (unpaired) electrons. The number of benzene rings is 1. The summed E-state index contributed by atoms with van der Waals surface area (Å²) in [6.45, 7) is 0.0855. The van der Waals surface area contributed by atoms with Crippen LogP contribution >= 0.6 is 0 Å². The smallest absolute Gasteiger partial charge is 0.309 e. The van der Waals surface area contributed by atoms with Gasteiger partial charge in [-0.2, -0.15) is 4.31 Å². The molecule has 0 atom stereocenters. The van der Waals surface area contributed by atoms with Gasteiger partial charge < -0.3 is 9.64 Å². The minimum Gasteiger partial charge on any atom is -0.455 e. The molecule has 0 bridgehead atoms. The summed E-state index contributed by atoms with van der Waals surface area (Å²) in [6, 6.07) is 12.1. The highest BCUT2D eigenvalue weighted by atomic mass is 32.2. The molecule has 0 aliphatic carbocycles. The van der Waals surface area contributed by atoms with Gasteiger partial charge in [0, 0.05) is 38.2 Å². The number of sulfonamides is 1. The van der Waals surface area contributed by atoms with Crippen molar-refractivity contribution < 1.29 is 22.7 Å². The molecule has 1 aliphatic rings. The highest BCUT2D eigenvalue weighted by Gasteiger charge is 2.33. The minimum absolute atomic E-state index is 0.135. The third-order valence-electron chi connectivity index (χ3n) is 4.91. The lowest BCUT2D eigenvalue weighted by Crippen LogP contribution is -2.41. The molecule has 0 saturated carbocycles. The number of hydrogen-bond donors (Lipinski definition) is 0. The molecule has 9 heteroatoms. The third-order valence-corrected chi connectivity index (χ3v) is 6.80. The van der Waals surface area contributed by atoms with Crippen molar-refractivity contribution in [3.63, 3.8) is 0 Å². The summed E-state index contributed by atoms with van der Waals surface area (Å²) in [4.78, 5) is 30.0. The van der Waals surface area contributed by atoms with Gasteiger partial charge in [0.2, 0.25) is 10.0 Å². The number of aromatic nitrogens is 1. The van der Waals surface area contributed by atoms with Crippen molar-refractivity contribution in [1.29, 1.82) is 0 Å². The molecular weight excluding hydrogens is 394 g/mol. The molecule has 1 fully saturated rings. The number of anilines is 1. The van der Waals surface area contributed by atoms with Crippen LogP contribution < -0.4 is 4.90 Å². The number of carbonyl (C=O) groups is 2. The first-order valence-electron chi connectivity index (χ1n) is 9.28. The molecule has 0 unspecified atom stereocenters. The number of likely N-dealkylation sites (N-methyl/N-ethyl adjacent to an activating group) is 1. The van der Waals surface area contributed by atoms with Gasteiger partial charge in [-0.25, -0.2) is 8.42 Å². The molecule has 1 amide bonds. The molecule has 1 aromatic heterocycles. The first-order valence-corrected chi connectivity index (χ1v) is 10.7. The maximum Gasteiger partial charge on any atom is 0.309 e. The molecular formula is C20H23N3O5S. The topological polar surface area (TPSA) is 96.9 Å². The Balaban J connectivity index is 1.49. The fraction of sp³-hybridized carbons (Fsp3) is 0.350. The Morgan fingerprint density at radius 3 is 2.45 bits per heavy atom. The normalized spacial score (nSPS) is 15.6. The Bertz CT molecular complexity index is 943. The van der Waals surface area contributed by atoms with E-state index in [0.29, 0.717) is 18.5 Å². The minimum atomic E-state index is -3.62. The van der Waals surface area contributed by atoms with Gasteiger partial charge >= 0.3 is 5.97 Å². The molecule has 8 nitrogen and oxygen atoms in total. The summed E-state index contributed by atoms with van der Waals surface area (Å²) in [5.41, 5.74) is 0.711. The number of ether oxygens (including phenoxy) is 1. The molecule has 1 aromatic carbocycles. The summed E-state index contributed by atoms with van der Waals surface area (Å²) in [5.74, 6) is -1.23. The Labute approximate surface area is 170 Å². The van der Waals surface area contributed by atoms with Crippen molar-refractivity contribution in [2.45, 2.75) is 17.7 Å². The number of rotatable bonds is 6. The van der Waals surface area contributed by atoms with E-state index in [1.807, 2.05) is 18.2 Å². The maximum absolute atomic E-state index is 12.6. The predicted molar refractivity (Wildman–Crippen MR) is 107 cm³/mol. The standard InChI is InChI=1S/C20H23N3O5S/c1-22(17-6-3-2-4-7-17)19(24)15-28-20(25)16-9-12-23(13-10-16)29(26,27)18-8-5-11-21-14-18/h2-8,11,14,16H,9-10,12-13,15H2,1H3. The van der Waals surface area contributed by atoms with Crippen molar-refractivity contribution in [3.05, 3.63) is 54.9 Å². The average molecular weight is 417 g/mol. The van der Waals surface area contributed by atoms with Crippen LogP contribution in [0.2, 0.25) is 0 Å². The number of carbonyl (C=O) groups excluding carboxylic acids is 2. The Morgan fingerprint density at radius 1 is 1.14 bits per heavy atom. The van der Waals surface area contributed by atoms with Crippen LogP contribution in [0.25, 0.3) is 0 Å². The highest BCUT2D eigenvalue weighted by Crippen LogP contribution is 2.24. The van der Waals surface area contributed by atoms with E-state index in [1.165, 1.54) is 27.7 Å². The first kappa shape index (κ1) is 20.9. The lowest BCUT2D eigenvalue weighted by molar-refractivity contribution is -0.153. The molecule has 0 N–H and O–H groups in total. The molecule has 2 heterocycles. The lowest BCUT2D eigenvalue weighted by Gasteiger charge is -2.30. The van der Waals surface area contributed by atoms with Crippen molar-refractivity contribution in [1.82, 2.24) is 9.29 Å². The summed E-state index contributed by atoms with van der Waals surface area (Å²) in [6.07, 6.45) is 3.52. The van der Waals surface area contributed by atoms with Crippen LogP contribution in [-0.4, -0.2) is 56.3 Å². The zero-order valence-electron chi connectivity index (χ0n) is 16.1. The number of pyridine rings is 1. The molecule has 1 saturated heterocycles. The fourth-order valence-electron chi connectivity index (χ4n) is 3.12. The molecule has 1 aliphatic heterocycles. The van der Waals surface area contributed by atoms with E-state index in [4.69, 9.17) is 4.74 Å². The van der Waals surface area contributed by atoms with Crippen LogP contribution in [0.3, 0.4) is 0 Å². The number of piperidine rings is 1. The van der Waals surface area contributed by atoms with Crippen molar-refractivity contribution in [3.8, 4) is 0 Å². The molecule has 3 rings (SSSR count). The first-order chi connectivity index (χ1) is 13.9. The van der Waals surface area contributed by atoms with Gasteiger partial charge in [0.05, 0.1) is 5.92 Å². The van der Waals surface area contributed by atoms with Gasteiger partial charge in [-0.15, -0.1) is 0 Å². The van der Waals surface area contributed by atoms with Crippen LogP contribution in [0.5, 0.6) is 0 Å². The third kappa shape index (κ3) is 4.99. The second-order valence-corrected chi connectivity index (χ2v) is 8.70. The molecule has 29 heavy (non-hydrogen) atoms. The van der Waals surface area contributed by atoms with Gasteiger partial charge in [-0.05, 0) is 37.1 Å². The zero-order valence-corrected chi connectivity index (χ0v) is 16.9. The largest absolute Gasteiger partial charge is 0.455 e. The van der Waals surface area contributed by atoms with E-state index in [0.717, 1.165) is 0 Å². The molecule has 2 aromatic rings. The fourth-order valence-corrected chi connectivity index (χ4v) is 4.56. The van der Waals surface area contributed by atoms with Crippen molar-refractivity contribution in [2.75, 3.05) is 31.6 Å². The van der Waals surface area contributed by atoms with E-state index in [9.17, 15) is 18.0 Å². The van der Waals surface area contributed by atoms with E-state index in [-0.39, 0.29) is 30.5 Å². The summed E-state index contributed by atoms with van der Waals surface area (Å²) in [5, 5.41) is 0. The maximum atomic E-state index is 12.6. The Morgan fingerprint density at radius 2 is 1.83 bits per heavy atom. The predicted octanol–water partition coefficient (Wildman–Crippen LogP) is 1.69. The van der Waals surface area contributed by atoms with Crippen LogP contribution in [0.15, 0.2) is 59.8 Å². The van der Waals surface area contributed by atoms with E-state index < -0.39 is 21.9 Å². The molecule has 154 valence electrons. The van der Waals surface area contributed by atoms with Gasteiger partial charge in [0.1, 0.15) is 4.90 Å². The number of para-hydroxylation sites is 1. The second-order valence-electron chi connectivity index (χ2n) is 6.76. The van der Waals surface area contributed by atoms with Crippen LogP contribution in [0, 0.1) is 5.92 Å². The Kier molecular flexibility index (Phi) is 6.60. The summed E-state index contributed by atoms with van der Waals surface area (Å²) >= 11 is 0.